The fourth-order valence-corrected chi connectivity index (χ4v) is 2.64. The van der Waals surface area contributed by atoms with Gasteiger partial charge in [0.15, 0.2) is 17.4 Å². The summed E-state index contributed by atoms with van der Waals surface area (Å²) in [7, 11) is 0. The van der Waals surface area contributed by atoms with Gasteiger partial charge in [0.2, 0.25) is 0 Å². The Hall–Kier alpha value is -2.87. The smallest absolute Gasteiger partial charge is 0.408 e. The van der Waals surface area contributed by atoms with Gasteiger partial charge in [0.25, 0.3) is 0 Å². The average Bonchev–Trinajstić information content (AvgIpc) is 2.66. The molecule has 3 rings (SSSR count). The molecule has 4 N–H and O–H groups in total. The van der Waals surface area contributed by atoms with Crippen molar-refractivity contribution in [3.63, 3.8) is 0 Å². The van der Waals surface area contributed by atoms with E-state index in [9.17, 15) is 13.6 Å². The quantitative estimate of drug-likeness (QED) is 0.729. The van der Waals surface area contributed by atoms with Crippen molar-refractivity contribution in [3.05, 3.63) is 53.6 Å². The second-order valence-corrected chi connectivity index (χ2v) is 5.92. The largest absolute Gasteiger partial charge is 0.415 e. The van der Waals surface area contributed by atoms with Crippen LogP contribution in [0.5, 0.6) is 5.75 Å². The third-order valence-electron chi connectivity index (χ3n) is 4.11. The third kappa shape index (κ3) is 4.20. The normalized spacial score (nSPS) is 14.2. The molecule has 1 amide bonds. The van der Waals surface area contributed by atoms with Crippen molar-refractivity contribution < 1.29 is 18.3 Å². The van der Waals surface area contributed by atoms with Gasteiger partial charge in [-0.3, -0.25) is 0 Å². The Morgan fingerprint density at radius 3 is 2.69 bits per heavy atom. The van der Waals surface area contributed by atoms with Gasteiger partial charge in [0.1, 0.15) is 0 Å². The van der Waals surface area contributed by atoms with Crippen LogP contribution in [0.2, 0.25) is 0 Å². The number of ether oxygens (including phenoxy) is 1. The number of nitrogens with zero attached hydrogens (tertiary/aromatic N) is 1. The lowest BCUT2D eigenvalue weighted by Gasteiger charge is -2.26. The minimum atomic E-state index is -0.907. The SMILES string of the molecule is Nc1c(NCc2ccc(F)c(F)c2)cccc1OC(=O)N1CCNCC1. The molecule has 0 unspecified atom stereocenters. The van der Waals surface area contributed by atoms with Crippen LogP contribution in [0.25, 0.3) is 0 Å². The van der Waals surface area contributed by atoms with Crippen LogP contribution in [0, 0.1) is 11.6 Å². The topological polar surface area (TPSA) is 79.6 Å². The fourth-order valence-electron chi connectivity index (χ4n) is 2.64. The highest BCUT2D eigenvalue weighted by Gasteiger charge is 2.19. The number of nitrogens with two attached hydrogens (primary N) is 1. The molecule has 0 bridgehead atoms. The Bertz CT molecular complexity index is 795. The zero-order chi connectivity index (χ0) is 18.5. The van der Waals surface area contributed by atoms with E-state index in [1.807, 2.05) is 0 Å². The van der Waals surface area contributed by atoms with E-state index in [-0.39, 0.29) is 18.0 Å². The van der Waals surface area contributed by atoms with Crippen LogP contribution in [0.1, 0.15) is 5.56 Å². The van der Waals surface area contributed by atoms with E-state index in [4.69, 9.17) is 10.5 Å². The lowest BCUT2D eigenvalue weighted by Crippen LogP contribution is -2.47. The van der Waals surface area contributed by atoms with Crippen LogP contribution in [0.4, 0.5) is 25.0 Å². The highest BCUT2D eigenvalue weighted by Crippen LogP contribution is 2.30. The molecule has 138 valence electrons. The maximum Gasteiger partial charge on any atom is 0.415 e. The van der Waals surface area contributed by atoms with Crippen LogP contribution in [-0.4, -0.2) is 37.2 Å². The monoisotopic (exact) mass is 362 g/mol. The van der Waals surface area contributed by atoms with Crippen molar-refractivity contribution in [3.8, 4) is 5.75 Å². The molecule has 0 radical (unpaired) electrons. The summed E-state index contributed by atoms with van der Waals surface area (Å²) >= 11 is 0. The second kappa shape index (κ2) is 8.01. The molecule has 1 saturated heterocycles. The maximum absolute atomic E-state index is 13.3. The Balaban J connectivity index is 1.66. The molecule has 2 aromatic carbocycles. The first-order valence-corrected chi connectivity index (χ1v) is 8.28. The first-order valence-electron chi connectivity index (χ1n) is 8.28. The summed E-state index contributed by atoms with van der Waals surface area (Å²) in [6.45, 7) is 2.84. The van der Waals surface area contributed by atoms with Gasteiger partial charge < -0.3 is 26.0 Å². The van der Waals surface area contributed by atoms with Crippen molar-refractivity contribution in [1.29, 1.82) is 0 Å². The van der Waals surface area contributed by atoms with Gasteiger partial charge in [-0.05, 0) is 29.8 Å². The average molecular weight is 362 g/mol. The highest BCUT2D eigenvalue weighted by atomic mass is 19.2. The van der Waals surface area contributed by atoms with Crippen molar-refractivity contribution in [2.45, 2.75) is 6.54 Å². The van der Waals surface area contributed by atoms with Crippen LogP contribution in [0.15, 0.2) is 36.4 Å². The Labute approximate surface area is 149 Å². The summed E-state index contributed by atoms with van der Waals surface area (Å²) in [4.78, 5) is 13.8. The molecule has 2 aromatic rings. The molecule has 0 spiro atoms. The molecular weight excluding hydrogens is 342 g/mol. The van der Waals surface area contributed by atoms with Gasteiger partial charge in [-0.25, -0.2) is 13.6 Å². The van der Waals surface area contributed by atoms with E-state index in [2.05, 4.69) is 10.6 Å². The molecule has 0 atom stereocenters. The Morgan fingerprint density at radius 2 is 1.96 bits per heavy atom. The summed E-state index contributed by atoms with van der Waals surface area (Å²) in [5, 5.41) is 6.20. The third-order valence-corrected chi connectivity index (χ3v) is 4.11. The number of nitrogen functional groups attached to an aromatic ring is 1. The van der Waals surface area contributed by atoms with Gasteiger partial charge >= 0.3 is 6.09 Å². The number of benzene rings is 2. The minimum absolute atomic E-state index is 0.247. The van der Waals surface area contributed by atoms with Gasteiger partial charge in [-0.1, -0.05) is 12.1 Å². The molecule has 0 saturated carbocycles. The van der Waals surface area contributed by atoms with Gasteiger partial charge in [-0.15, -0.1) is 0 Å². The molecule has 26 heavy (non-hydrogen) atoms. The van der Waals surface area contributed by atoms with Crippen LogP contribution in [0.3, 0.4) is 0 Å². The van der Waals surface area contributed by atoms with Crippen LogP contribution < -0.4 is 21.1 Å². The number of rotatable bonds is 4. The van der Waals surface area contributed by atoms with Gasteiger partial charge in [0.05, 0.1) is 11.4 Å². The number of carbonyl (C=O) groups excluding carboxylic acids is 1. The number of nitrogens with one attached hydrogen (secondary N) is 2. The lowest BCUT2D eigenvalue weighted by molar-refractivity contribution is 0.146. The number of halogens is 2. The lowest BCUT2D eigenvalue weighted by atomic mass is 10.2. The molecule has 8 heteroatoms. The van der Waals surface area contributed by atoms with Crippen molar-refractivity contribution >= 4 is 17.5 Å². The maximum atomic E-state index is 13.3. The minimum Gasteiger partial charge on any atom is -0.408 e. The number of hydrogen-bond acceptors (Lipinski definition) is 5. The zero-order valence-corrected chi connectivity index (χ0v) is 14.1. The number of amides is 1. The number of hydrogen-bond donors (Lipinski definition) is 3. The standard InChI is InChI=1S/C18H20F2N4O2/c19-13-5-4-12(10-14(13)20)11-23-15-2-1-3-16(17(15)21)26-18(25)24-8-6-22-7-9-24/h1-5,10,22-23H,6-9,11,21H2. The van der Waals surface area contributed by atoms with Crippen LogP contribution in [-0.2, 0) is 6.54 Å². The molecule has 1 heterocycles. The predicted octanol–water partition coefficient (Wildman–Crippen LogP) is 2.56. The van der Waals surface area contributed by atoms with E-state index < -0.39 is 17.7 Å². The Kier molecular flexibility index (Phi) is 5.52. The van der Waals surface area contributed by atoms with Crippen molar-refractivity contribution in [1.82, 2.24) is 10.2 Å². The van der Waals surface area contributed by atoms with E-state index in [0.29, 0.717) is 24.3 Å². The number of anilines is 2. The van der Waals surface area contributed by atoms with E-state index in [0.717, 1.165) is 25.2 Å². The molecule has 1 aliphatic heterocycles. The Morgan fingerprint density at radius 1 is 1.19 bits per heavy atom. The predicted molar refractivity (Wildman–Crippen MR) is 95.0 cm³/mol. The van der Waals surface area contributed by atoms with E-state index in [1.54, 1.807) is 23.1 Å². The van der Waals surface area contributed by atoms with Gasteiger partial charge in [-0.2, -0.15) is 0 Å². The molecule has 0 aliphatic carbocycles. The van der Waals surface area contributed by atoms with Gasteiger partial charge in [0, 0.05) is 32.7 Å². The summed E-state index contributed by atoms with van der Waals surface area (Å²) in [6, 6.07) is 8.70. The molecule has 1 fully saturated rings. The number of piperazine rings is 1. The molecular formula is C18H20F2N4O2. The fraction of sp³-hybridized carbons (Fsp3) is 0.278. The number of para-hydroxylation sites is 1. The first kappa shape index (κ1) is 17.9. The van der Waals surface area contributed by atoms with Crippen molar-refractivity contribution in [2.24, 2.45) is 0 Å². The van der Waals surface area contributed by atoms with Crippen LogP contribution >= 0.6 is 0 Å². The summed E-state index contributed by atoms with van der Waals surface area (Å²) in [6.07, 6.45) is -0.448. The summed E-state index contributed by atoms with van der Waals surface area (Å²) in [5.41, 5.74) is 7.45. The summed E-state index contributed by atoms with van der Waals surface area (Å²) in [5.74, 6) is -1.55. The second-order valence-electron chi connectivity index (χ2n) is 5.92. The number of carbonyl (C=O) groups is 1. The van der Waals surface area contributed by atoms with Crippen molar-refractivity contribution in [2.75, 3.05) is 37.2 Å². The first-order chi connectivity index (χ1) is 12.5. The molecule has 0 aromatic heterocycles. The zero-order valence-electron chi connectivity index (χ0n) is 14.1. The highest BCUT2D eigenvalue weighted by molar-refractivity contribution is 5.78. The molecule has 1 aliphatic rings. The summed E-state index contributed by atoms with van der Waals surface area (Å²) < 4.78 is 31.7. The molecule has 6 nitrogen and oxygen atoms in total. The van der Waals surface area contributed by atoms with E-state index >= 15 is 0 Å². The van der Waals surface area contributed by atoms with E-state index in [1.165, 1.54) is 6.07 Å².